The van der Waals surface area contributed by atoms with E-state index in [4.69, 9.17) is 4.74 Å². The van der Waals surface area contributed by atoms with Gasteiger partial charge in [-0.3, -0.25) is 0 Å². The van der Waals surface area contributed by atoms with Gasteiger partial charge >= 0.3 is 0 Å². The van der Waals surface area contributed by atoms with Crippen molar-refractivity contribution in [2.24, 2.45) is 0 Å². The van der Waals surface area contributed by atoms with Gasteiger partial charge in [0, 0.05) is 11.6 Å². The fraction of sp³-hybridized carbons (Fsp3) is 0.444. The molecule has 0 amide bonds. The molecule has 0 spiro atoms. The molecule has 0 saturated carbocycles. The third kappa shape index (κ3) is 2.08. The normalized spacial score (nSPS) is 9.58. The number of nitrogens with zero attached hydrogens (tertiary/aromatic N) is 1. The third-order valence-electron chi connectivity index (χ3n) is 1.37. The number of hydrogen-bond acceptors (Lipinski definition) is 3. The van der Waals surface area contributed by atoms with E-state index in [-0.39, 0.29) is 0 Å². The Kier molecular flexibility index (Phi) is 3.29. The van der Waals surface area contributed by atoms with Crippen LogP contribution in [0.15, 0.2) is 17.2 Å². The van der Waals surface area contributed by atoms with Crippen LogP contribution in [0.5, 0.6) is 0 Å². The third-order valence-corrected chi connectivity index (χ3v) is 2.14. The predicted molar refractivity (Wildman–Crippen MR) is 52.0 cm³/mol. The summed E-state index contributed by atoms with van der Waals surface area (Å²) in [4.78, 5) is 4.19. The van der Waals surface area contributed by atoms with Crippen LogP contribution in [0.1, 0.15) is 25.8 Å². The first-order valence-corrected chi connectivity index (χ1v) is 4.83. The van der Waals surface area contributed by atoms with Crippen LogP contribution in [0, 0.1) is 0 Å². The zero-order chi connectivity index (χ0) is 8.97. The molecule has 12 heavy (non-hydrogen) atoms. The van der Waals surface area contributed by atoms with Crippen molar-refractivity contribution < 1.29 is 4.74 Å². The van der Waals surface area contributed by atoms with Crippen LogP contribution in [0.25, 0.3) is 5.76 Å². The summed E-state index contributed by atoms with van der Waals surface area (Å²) in [5.74, 6) is 0.924. The summed E-state index contributed by atoms with van der Waals surface area (Å²) < 4.78 is 5.48. The maximum Gasteiger partial charge on any atom is 0.158 e. The molecule has 0 bridgehead atoms. The molecule has 0 radical (unpaired) electrons. The van der Waals surface area contributed by atoms with E-state index in [1.807, 2.05) is 26.2 Å². The fourth-order valence-corrected chi connectivity index (χ4v) is 1.64. The van der Waals surface area contributed by atoms with Crippen molar-refractivity contribution in [2.75, 3.05) is 6.61 Å². The summed E-state index contributed by atoms with van der Waals surface area (Å²) in [5.41, 5.74) is 1.17. The van der Waals surface area contributed by atoms with E-state index in [9.17, 15) is 0 Å². The number of hydrogen-bond donors (Lipinski definition) is 0. The second-order valence-electron chi connectivity index (χ2n) is 2.60. The Balaban J connectivity index is 2.89. The van der Waals surface area contributed by atoms with Gasteiger partial charge in [-0.15, -0.1) is 11.3 Å². The van der Waals surface area contributed by atoms with E-state index in [0.717, 1.165) is 10.8 Å². The second kappa shape index (κ2) is 4.26. The van der Waals surface area contributed by atoms with Gasteiger partial charge in [0.1, 0.15) is 0 Å². The van der Waals surface area contributed by atoms with Crippen LogP contribution in [0.3, 0.4) is 0 Å². The van der Waals surface area contributed by atoms with Crippen LogP contribution in [0.2, 0.25) is 0 Å². The Hall–Kier alpha value is -0.830. The topological polar surface area (TPSA) is 22.1 Å². The Labute approximate surface area is 76.9 Å². The molecular formula is C9H13NOS. The number of rotatable bonds is 3. The summed E-state index contributed by atoms with van der Waals surface area (Å²) in [7, 11) is 0. The van der Waals surface area contributed by atoms with Crippen LogP contribution in [-0.2, 0) is 4.74 Å². The molecular weight excluding hydrogens is 170 g/mol. The average Bonchev–Trinajstić information content (AvgIpc) is 2.51. The van der Waals surface area contributed by atoms with Crippen LogP contribution in [-0.4, -0.2) is 11.6 Å². The maximum atomic E-state index is 5.48. The average molecular weight is 183 g/mol. The first-order chi connectivity index (χ1) is 5.75. The van der Waals surface area contributed by atoms with Crippen molar-refractivity contribution in [3.8, 4) is 0 Å². The van der Waals surface area contributed by atoms with E-state index < -0.39 is 0 Å². The van der Waals surface area contributed by atoms with Crippen molar-refractivity contribution in [3.05, 3.63) is 22.2 Å². The summed E-state index contributed by atoms with van der Waals surface area (Å²) >= 11 is 1.61. The number of allylic oxidation sites excluding steroid dienone is 1. The van der Waals surface area contributed by atoms with Crippen molar-refractivity contribution >= 4 is 17.1 Å². The molecule has 0 unspecified atom stereocenters. The summed E-state index contributed by atoms with van der Waals surface area (Å²) in [6.45, 7) is 6.75. The molecule has 1 aromatic rings. The Morgan fingerprint density at radius 3 is 2.75 bits per heavy atom. The highest BCUT2D eigenvalue weighted by atomic mass is 32.1. The first kappa shape index (κ1) is 9.26. The van der Waals surface area contributed by atoms with Gasteiger partial charge in [-0.25, -0.2) is 4.98 Å². The van der Waals surface area contributed by atoms with Gasteiger partial charge in [0.25, 0.3) is 0 Å². The molecule has 66 valence electrons. The van der Waals surface area contributed by atoms with E-state index in [1.165, 1.54) is 5.57 Å². The van der Waals surface area contributed by atoms with E-state index >= 15 is 0 Å². The van der Waals surface area contributed by atoms with E-state index in [2.05, 4.69) is 4.98 Å². The molecule has 2 nitrogen and oxygen atoms in total. The molecule has 0 aliphatic heterocycles. The zero-order valence-corrected chi connectivity index (χ0v) is 8.44. The van der Waals surface area contributed by atoms with Crippen molar-refractivity contribution in [1.82, 2.24) is 4.98 Å². The Morgan fingerprint density at radius 2 is 2.33 bits per heavy atom. The monoisotopic (exact) mass is 183 g/mol. The minimum atomic E-state index is 0.695. The molecule has 1 rings (SSSR count). The SMILES string of the molecule is CCOC(=C(C)C)c1nccs1. The molecule has 0 aliphatic rings. The highest BCUT2D eigenvalue weighted by Crippen LogP contribution is 2.21. The van der Waals surface area contributed by atoms with Gasteiger partial charge in [0.2, 0.25) is 0 Å². The summed E-state index contributed by atoms with van der Waals surface area (Å²) in [5, 5.41) is 2.92. The zero-order valence-electron chi connectivity index (χ0n) is 7.63. The predicted octanol–water partition coefficient (Wildman–Crippen LogP) is 2.93. The van der Waals surface area contributed by atoms with E-state index in [0.29, 0.717) is 6.61 Å². The van der Waals surface area contributed by atoms with Crippen LogP contribution >= 0.6 is 11.3 Å². The van der Waals surface area contributed by atoms with Crippen molar-refractivity contribution in [1.29, 1.82) is 0 Å². The summed E-state index contributed by atoms with van der Waals surface area (Å²) in [6.07, 6.45) is 1.79. The molecule has 3 heteroatoms. The molecule has 0 aliphatic carbocycles. The lowest BCUT2D eigenvalue weighted by Crippen LogP contribution is -1.92. The highest BCUT2D eigenvalue weighted by Gasteiger charge is 2.05. The molecule has 0 N–H and O–H groups in total. The smallest absolute Gasteiger partial charge is 0.158 e. The van der Waals surface area contributed by atoms with E-state index in [1.54, 1.807) is 17.5 Å². The Bertz CT molecular complexity index is 260. The molecule has 0 fully saturated rings. The molecule has 1 aromatic heterocycles. The van der Waals surface area contributed by atoms with Gasteiger partial charge in [0.05, 0.1) is 6.61 Å². The van der Waals surface area contributed by atoms with Gasteiger partial charge in [-0.1, -0.05) is 0 Å². The number of ether oxygens (including phenoxy) is 1. The minimum absolute atomic E-state index is 0.695. The fourth-order valence-electron chi connectivity index (χ4n) is 0.900. The molecule has 0 saturated heterocycles. The highest BCUT2D eigenvalue weighted by molar-refractivity contribution is 7.10. The number of thiazole rings is 1. The lowest BCUT2D eigenvalue weighted by Gasteiger charge is -2.06. The van der Waals surface area contributed by atoms with Crippen molar-refractivity contribution in [2.45, 2.75) is 20.8 Å². The minimum Gasteiger partial charge on any atom is -0.491 e. The molecule has 0 aromatic carbocycles. The second-order valence-corrected chi connectivity index (χ2v) is 3.49. The quantitative estimate of drug-likeness (QED) is 0.672. The molecule has 1 heterocycles. The van der Waals surface area contributed by atoms with Gasteiger partial charge in [-0.05, 0) is 26.3 Å². The largest absolute Gasteiger partial charge is 0.491 e. The lowest BCUT2D eigenvalue weighted by molar-refractivity contribution is 0.295. The Morgan fingerprint density at radius 1 is 1.58 bits per heavy atom. The lowest BCUT2D eigenvalue weighted by atomic mass is 10.3. The van der Waals surface area contributed by atoms with Gasteiger partial charge < -0.3 is 4.74 Å². The van der Waals surface area contributed by atoms with Crippen LogP contribution < -0.4 is 0 Å². The standard InChI is InChI=1S/C9H13NOS/c1-4-11-8(7(2)3)9-10-5-6-12-9/h5-6H,4H2,1-3H3. The first-order valence-electron chi connectivity index (χ1n) is 3.95. The van der Waals surface area contributed by atoms with Crippen molar-refractivity contribution in [3.63, 3.8) is 0 Å². The summed E-state index contributed by atoms with van der Waals surface area (Å²) in [6, 6.07) is 0. The van der Waals surface area contributed by atoms with Crippen LogP contribution in [0.4, 0.5) is 0 Å². The van der Waals surface area contributed by atoms with Gasteiger partial charge in [-0.2, -0.15) is 0 Å². The van der Waals surface area contributed by atoms with Gasteiger partial charge in [0.15, 0.2) is 10.8 Å². The molecule has 0 atom stereocenters. The maximum absolute atomic E-state index is 5.48. The number of aromatic nitrogens is 1.